The molecule has 1 aliphatic heterocycles. The first-order chi connectivity index (χ1) is 20.6. The Morgan fingerprint density at radius 2 is 1.35 bits per heavy atom. The second-order valence-electron chi connectivity index (χ2n) is 13.1. The minimum absolute atomic E-state index is 0.162. The van der Waals surface area contributed by atoms with E-state index in [1.54, 1.807) is 0 Å². The van der Waals surface area contributed by atoms with Crippen LogP contribution in [0, 0.1) is 20.5 Å². The van der Waals surface area contributed by atoms with Crippen LogP contribution in [-0.2, 0) is 21.5 Å². The molecule has 43 heavy (non-hydrogen) atoms. The first-order valence-electron chi connectivity index (χ1n) is 16.1. The molecule has 0 amide bonds. The Balaban J connectivity index is 0.000000486. The predicted octanol–water partition coefficient (Wildman–Crippen LogP) is 12.1. The quantitative estimate of drug-likeness (QED) is 0.145. The van der Waals surface area contributed by atoms with Crippen LogP contribution in [0.25, 0.3) is 0 Å². The fourth-order valence-electron chi connectivity index (χ4n) is 6.30. The van der Waals surface area contributed by atoms with E-state index in [0.29, 0.717) is 0 Å². The standard InChI is InChI=1S/C31H45N2P.C4H7O.3ClH.Cr/c1-23-13-12-14-24(2)29(23)32-30(25-19-21-26(22-20-25)31(3,4)5)33-34(27-15-8-6-9-16-27)28-17-10-7-11-18-28;1-2-4-5-3-1;;;;/h12-14,19-22,27-28H,6-11,15-18H2,1-5H3,(H,32,33);3H,1-2,4H2;3*1H;/q;-1;;;;+4/p-2. The molecular formula is C35H53Cl3CrN2OP+. The van der Waals surface area contributed by atoms with Crippen LogP contribution < -0.4 is 5.09 Å². The number of benzene rings is 2. The molecule has 8 heteroatoms. The third-order valence-corrected chi connectivity index (χ3v) is 12.2. The van der Waals surface area contributed by atoms with E-state index in [-0.39, 0.29) is 5.41 Å². The van der Waals surface area contributed by atoms with Gasteiger partial charge in [0.15, 0.2) is 5.84 Å². The third kappa shape index (κ3) is 13.2. The molecular weight excluding hydrogens is 654 g/mol. The molecule has 1 heterocycles. The summed E-state index contributed by atoms with van der Waals surface area (Å²) < 4.78 is 4.82. The zero-order chi connectivity index (χ0) is 31.2. The van der Waals surface area contributed by atoms with E-state index in [1.165, 1.54) is 92.9 Å². The van der Waals surface area contributed by atoms with Gasteiger partial charge in [-0.2, -0.15) is 6.42 Å². The second-order valence-corrected chi connectivity index (χ2v) is 22.2. The van der Waals surface area contributed by atoms with Gasteiger partial charge < -0.3 is 4.74 Å². The van der Waals surface area contributed by atoms with Gasteiger partial charge in [0.25, 0.3) is 0 Å². The number of aryl methyl sites for hydroxylation is 2. The van der Waals surface area contributed by atoms with Crippen molar-refractivity contribution < 1.29 is 16.1 Å². The summed E-state index contributed by atoms with van der Waals surface area (Å²) in [7, 11) is 14.0. The van der Waals surface area contributed by atoms with E-state index in [0.717, 1.165) is 35.9 Å². The maximum atomic E-state index is 5.38. The van der Waals surface area contributed by atoms with Crippen LogP contribution in [0.5, 0.6) is 0 Å². The molecule has 0 atom stereocenters. The summed E-state index contributed by atoms with van der Waals surface area (Å²) in [5, 5.41) is 4.22. The van der Waals surface area contributed by atoms with Crippen LogP contribution in [0.15, 0.2) is 47.5 Å². The van der Waals surface area contributed by atoms with Gasteiger partial charge in [0.1, 0.15) is 0 Å². The summed E-state index contributed by atoms with van der Waals surface area (Å²) in [6.45, 7) is 14.1. The van der Waals surface area contributed by atoms with Gasteiger partial charge in [-0.05, 0) is 87.3 Å². The van der Waals surface area contributed by atoms with Crippen molar-refractivity contribution >= 4 is 49.7 Å². The Morgan fingerprint density at radius 1 is 0.837 bits per heavy atom. The number of nitrogens with zero attached hydrogens (tertiary/aromatic N) is 1. The van der Waals surface area contributed by atoms with Crippen LogP contribution in [0.2, 0.25) is 0 Å². The van der Waals surface area contributed by atoms with Crippen LogP contribution in [0.4, 0.5) is 5.69 Å². The zero-order valence-corrected chi connectivity index (χ0v) is 31.4. The summed E-state index contributed by atoms with van der Waals surface area (Å²) in [5.74, 6) is 1.11. The van der Waals surface area contributed by atoms with E-state index in [9.17, 15) is 0 Å². The van der Waals surface area contributed by atoms with E-state index in [1.807, 2.05) is 6.61 Å². The van der Waals surface area contributed by atoms with Crippen molar-refractivity contribution in [1.29, 1.82) is 0 Å². The average Bonchev–Trinajstić information content (AvgIpc) is 3.58. The first kappa shape index (κ1) is 37.2. The molecule has 2 saturated carbocycles. The van der Waals surface area contributed by atoms with Gasteiger partial charge in [0.2, 0.25) is 0 Å². The number of ether oxygens (including phenoxy) is 1. The number of para-hydroxylation sites is 1. The molecule has 2 aromatic rings. The Bertz CT molecular complexity index is 1060. The van der Waals surface area contributed by atoms with E-state index < -0.39 is 19.5 Å². The first-order valence-corrected chi connectivity index (χ1v) is 23.0. The predicted molar refractivity (Wildman–Crippen MR) is 189 cm³/mol. The van der Waals surface area contributed by atoms with Crippen LogP contribution >= 0.6 is 38.2 Å². The summed E-state index contributed by atoms with van der Waals surface area (Å²) in [5.41, 5.74) is 8.19. The monoisotopic (exact) mass is 705 g/mol. The number of hydrogen-bond acceptors (Lipinski definition) is 2. The van der Waals surface area contributed by atoms with Crippen molar-refractivity contribution in [3.05, 3.63) is 71.3 Å². The molecule has 1 N–H and O–H groups in total. The number of amidine groups is 1. The maximum absolute atomic E-state index is 5.38. The summed E-state index contributed by atoms with van der Waals surface area (Å²) in [6.07, 6.45) is 16.5. The van der Waals surface area contributed by atoms with Gasteiger partial charge in [-0.1, -0.05) is 82.5 Å². The van der Waals surface area contributed by atoms with E-state index in [4.69, 9.17) is 39.9 Å². The molecule has 240 valence electrons. The minimum atomic E-state index is -1.62. The summed E-state index contributed by atoms with van der Waals surface area (Å²) in [6, 6.07) is 15.8. The molecule has 2 aliphatic carbocycles. The van der Waals surface area contributed by atoms with Gasteiger partial charge in [0.05, 0.1) is 25.1 Å². The average molecular weight is 707 g/mol. The van der Waals surface area contributed by atoms with E-state index >= 15 is 0 Å². The van der Waals surface area contributed by atoms with Crippen molar-refractivity contribution in [2.75, 3.05) is 6.61 Å². The molecule has 0 radical (unpaired) electrons. The van der Waals surface area contributed by atoms with E-state index in [2.05, 4.69) is 82.2 Å². The Morgan fingerprint density at radius 3 is 1.74 bits per heavy atom. The second kappa shape index (κ2) is 19.4. The normalized spacial score (nSPS) is 18.6. The van der Waals surface area contributed by atoms with Crippen LogP contribution in [0.1, 0.15) is 120 Å². The number of hydrogen-bond donors (Lipinski definition) is 1. The molecule has 2 aromatic carbocycles. The zero-order valence-electron chi connectivity index (χ0n) is 26.9. The summed E-state index contributed by atoms with van der Waals surface area (Å²) >= 11 is -1.62. The van der Waals surface area contributed by atoms with Gasteiger partial charge >= 0.3 is 41.5 Å². The molecule has 5 rings (SSSR count). The molecule has 0 bridgehead atoms. The summed E-state index contributed by atoms with van der Waals surface area (Å²) in [4.78, 5) is 5.38. The molecule has 3 fully saturated rings. The Kier molecular flexibility index (Phi) is 16.8. The molecule has 0 spiro atoms. The SMILES string of the molecule is Cc1cccc(C)c1N=C(N[PH+](C1CCCCC1)C1CCCCC1)c1ccc(C(C)(C)C)cc1.[CH-]1CCCO1.[Cl][Cr+]([Cl])[Cl]. The number of halogens is 3. The number of nitrogens with one attached hydrogen (secondary N) is 1. The van der Waals surface area contributed by atoms with Crippen molar-refractivity contribution in [2.24, 2.45) is 4.99 Å². The fourth-order valence-corrected chi connectivity index (χ4v) is 9.91. The van der Waals surface area contributed by atoms with Gasteiger partial charge in [-0.25, -0.2) is 16.7 Å². The molecule has 0 unspecified atom stereocenters. The van der Waals surface area contributed by atoms with Crippen LogP contribution in [0.3, 0.4) is 0 Å². The van der Waals surface area contributed by atoms with Crippen molar-refractivity contribution in [2.45, 2.75) is 128 Å². The Hall–Kier alpha value is -0.298. The van der Waals surface area contributed by atoms with Gasteiger partial charge in [-0.15, -0.1) is 0 Å². The number of aliphatic imine (C=N–C) groups is 1. The molecule has 0 aromatic heterocycles. The number of rotatable bonds is 5. The van der Waals surface area contributed by atoms with Crippen molar-refractivity contribution in [3.8, 4) is 0 Å². The van der Waals surface area contributed by atoms with Crippen molar-refractivity contribution in [1.82, 2.24) is 5.09 Å². The Labute approximate surface area is 280 Å². The third-order valence-electron chi connectivity index (χ3n) is 8.74. The van der Waals surface area contributed by atoms with Gasteiger partial charge in [0, 0.05) is 12.2 Å². The van der Waals surface area contributed by atoms with Crippen LogP contribution in [-0.4, -0.2) is 23.8 Å². The fraction of sp³-hybridized carbons (Fsp3) is 0.600. The topological polar surface area (TPSA) is 33.6 Å². The molecule has 3 aliphatic rings. The molecule has 1 saturated heterocycles. The van der Waals surface area contributed by atoms with Crippen molar-refractivity contribution in [3.63, 3.8) is 0 Å². The molecule has 3 nitrogen and oxygen atoms in total. The van der Waals surface area contributed by atoms with Gasteiger partial charge in [-0.3, -0.25) is 0 Å².